The second kappa shape index (κ2) is 7.30. The van der Waals surface area contributed by atoms with Gasteiger partial charge in [-0.2, -0.15) is 0 Å². The quantitative estimate of drug-likeness (QED) is 0.729. The van der Waals surface area contributed by atoms with E-state index in [-0.39, 0.29) is 6.04 Å². The molecule has 0 atom stereocenters. The number of rotatable bonds is 5. The van der Waals surface area contributed by atoms with Crippen molar-refractivity contribution in [3.05, 3.63) is 30.6 Å². The van der Waals surface area contributed by atoms with Gasteiger partial charge in [0.05, 0.1) is 26.1 Å². The second-order valence-corrected chi connectivity index (χ2v) is 5.86. The van der Waals surface area contributed by atoms with Crippen molar-refractivity contribution in [1.82, 2.24) is 20.3 Å². The van der Waals surface area contributed by atoms with Gasteiger partial charge in [-0.25, -0.2) is 14.8 Å². The zero-order chi connectivity index (χ0) is 18.7. The molecule has 0 aliphatic carbocycles. The Morgan fingerprint density at radius 2 is 2.00 bits per heavy atom. The summed E-state index contributed by atoms with van der Waals surface area (Å²) in [6.07, 6.45) is 2.62. The molecule has 0 saturated heterocycles. The lowest BCUT2D eigenvalue weighted by atomic mass is 10.1. The third-order valence-electron chi connectivity index (χ3n) is 3.64. The Kier molecular flexibility index (Phi) is 4.92. The maximum absolute atomic E-state index is 11.9. The number of amides is 1. The number of carbonyl (C=O) groups excluding carboxylic acids is 1. The van der Waals surface area contributed by atoms with E-state index >= 15 is 0 Å². The summed E-state index contributed by atoms with van der Waals surface area (Å²) in [5.74, 6) is 1.61. The maximum Gasteiger partial charge on any atom is 0.412 e. The third kappa shape index (κ3) is 3.53. The summed E-state index contributed by atoms with van der Waals surface area (Å²) in [5.41, 5.74) is 2.26. The number of hydrogen-bond donors (Lipinski definition) is 2. The highest BCUT2D eigenvalue weighted by molar-refractivity contribution is 5.84. The molecule has 0 bridgehead atoms. The van der Waals surface area contributed by atoms with Crippen molar-refractivity contribution in [1.29, 1.82) is 0 Å². The van der Waals surface area contributed by atoms with Gasteiger partial charge in [-0.1, -0.05) is 0 Å². The van der Waals surface area contributed by atoms with Gasteiger partial charge < -0.3 is 24.5 Å². The van der Waals surface area contributed by atoms with Crippen molar-refractivity contribution in [2.45, 2.75) is 19.9 Å². The molecule has 3 aromatic rings. The fraction of sp³-hybridized carbons (Fsp3) is 0.278. The summed E-state index contributed by atoms with van der Waals surface area (Å²) in [6, 6.07) is 5.38. The van der Waals surface area contributed by atoms with Gasteiger partial charge in [0, 0.05) is 17.8 Å². The molecule has 1 aromatic carbocycles. The van der Waals surface area contributed by atoms with Crippen LogP contribution < -0.4 is 19.5 Å². The van der Waals surface area contributed by atoms with Crippen LogP contribution >= 0.6 is 0 Å². The van der Waals surface area contributed by atoms with Crippen LogP contribution in [0.1, 0.15) is 13.8 Å². The van der Waals surface area contributed by atoms with Crippen molar-refractivity contribution in [3.8, 4) is 28.5 Å². The molecule has 0 spiro atoms. The Hall–Kier alpha value is -3.29. The minimum Gasteiger partial charge on any atom is -0.497 e. The molecule has 2 heterocycles. The summed E-state index contributed by atoms with van der Waals surface area (Å²) < 4.78 is 16.0. The maximum atomic E-state index is 11.9. The molecular weight excluding hydrogens is 336 g/mol. The monoisotopic (exact) mass is 356 g/mol. The van der Waals surface area contributed by atoms with Gasteiger partial charge >= 0.3 is 6.09 Å². The third-order valence-corrected chi connectivity index (χ3v) is 3.64. The SMILES string of the molecule is COc1ccc(OC)c(-c2cnc3[nH]cc(OC(=O)NC(C)C)c3n2)c1. The first-order chi connectivity index (χ1) is 12.5. The van der Waals surface area contributed by atoms with Crippen molar-refractivity contribution < 1.29 is 19.0 Å². The first kappa shape index (κ1) is 17.5. The molecule has 1 amide bonds. The summed E-state index contributed by atoms with van der Waals surface area (Å²) in [5, 5.41) is 2.67. The molecule has 8 nitrogen and oxygen atoms in total. The van der Waals surface area contributed by atoms with E-state index in [9.17, 15) is 4.79 Å². The van der Waals surface area contributed by atoms with Crippen molar-refractivity contribution in [2.24, 2.45) is 0 Å². The number of nitrogens with one attached hydrogen (secondary N) is 2. The van der Waals surface area contributed by atoms with Crippen LogP contribution in [0.25, 0.3) is 22.4 Å². The fourth-order valence-electron chi connectivity index (χ4n) is 2.46. The van der Waals surface area contributed by atoms with E-state index in [1.165, 1.54) is 0 Å². The Morgan fingerprint density at radius 1 is 1.19 bits per heavy atom. The van der Waals surface area contributed by atoms with Crippen LogP contribution in [0.3, 0.4) is 0 Å². The molecule has 0 saturated carbocycles. The first-order valence-corrected chi connectivity index (χ1v) is 8.06. The number of benzene rings is 1. The first-order valence-electron chi connectivity index (χ1n) is 8.06. The van der Waals surface area contributed by atoms with E-state index in [1.54, 1.807) is 38.7 Å². The molecule has 0 fully saturated rings. The minimum atomic E-state index is -0.549. The topological polar surface area (TPSA) is 98.4 Å². The van der Waals surface area contributed by atoms with Crippen LogP contribution in [0.15, 0.2) is 30.6 Å². The number of hydrogen-bond acceptors (Lipinski definition) is 6. The average molecular weight is 356 g/mol. The van der Waals surface area contributed by atoms with Gasteiger partial charge in [0.25, 0.3) is 0 Å². The molecule has 2 N–H and O–H groups in total. The molecule has 8 heteroatoms. The van der Waals surface area contributed by atoms with E-state index in [2.05, 4.69) is 20.3 Å². The molecule has 0 aliphatic heterocycles. The lowest BCUT2D eigenvalue weighted by molar-refractivity contribution is 0.198. The Balaban J connectivity index is 2.01. The normalized spacial score (nSPS) is 10.8. The molecule has 26 heavy (non-hydrogen) atoms. The van der Waals surface area contributed by atoms with Crippen LogP contribution in [0.2, 0.25) is 0 Å². The largest absolute Gasteiger partial charge is 0.497 e. The predicted octanol–water partition coefficient (Wildman–Crippen LogP) is 3.14. The highest BCUT2D eigenvalue weighted by atomic mass is 16.6. The number of ether oxygens (including phenoxy) is 3. The summed E-state index contributed by atoms with van der Waals surface area (Å²) in [6.45, 7) is 3.70. The number of carbonyl (C=O) groups is 1. The molecule has 136 valence electrons. The number of aromatic amines is 1. The molecule has 0 radical (unpaired) electrons. The van der Waals surface area contributed by atoms with E-state index < -0.39 is 6.09 Å². The number of fused-ring (bicyclic) bond motifs is 1. The Labute approximate surface area is 150 Å². The van der Waals surface area contributed by atoms with Crippen molar-refractivity contribution >= 4 is 17.3 Å². The van der Waals surface area contributed by atoms with Gasteiger partial charge in [0.15, 0.2) is 16.9 Å². The van der Waals surface area contributed by atoms with E-state index in [0.29, 0.717) is 34.1 Å². The molecule has 0 unspecified atom stereocenters. The second-order valence-electron chi connectivity index (χ2n) is 5.86. The van der Waals surface area contributed by atoms with Crippen molar-refractivity contribution in [3.63, 3.8) is 0 Å². The van der Waals surface area contributed by atoms with E-state index in [1.807, 2.05) is 19.9 Å². The van der Waals surface area contributed by atoms with Crippen LogP contribution in [0.4, 0.5) is 4.79 Å². The Bertz CT molecular complexity index is 936. The van der Waals surface area contributed by atoms with Gasteiger partial charge in [-0.05, 0) is 32.0 Å². The number of aromatic nitrogens is 3. The molecular formula is C18H20N4O4. The lowest BCUT2D eigenvalue weighted by Crippen LogP contribution is -2.32. The fourth-order valence-corrected chi connectivity index (χ4v) is 2.46. The zero-order valence-electron chi connectivity index (χ0n) is 15.0. The van der Waals surface area contributed by atoms with Gasteiger partial charge in [-0.3, -0.25) is 0 Å². The standard InChI is InChI=1S/C18H20N4O4/c1-10(2)21-18(23)26-15-9-20-17-16(15)22-13(8-19-17)12-7-11(24-3)5-6-14(12)25-4/h5-10H,1-4H3,(H,19,20)(H,21,23). The van der Waals surface area contributed by atoms with E-state index in [0.717, 1.165) is 5.56 Å². The van der Waals surface area contributed by atoms with Crippen LogP contribution in [-0.2, 0) is 0 Å². The zero-order valence-corrected chi connectivity index (χ0v) is 15.0. The molecule has 2 aromatic heterocycles. The number of nitrogens with zero attached hydrogens (tertiary/aromatic N) is 2. The predicted molar refractivity (Wildman–Crippen MR) is 96.7 cm³/mol. The lowest BCUT2D eigenvalue weighted by Gasteiger charge is -2.10. The number of H-pyrrole nitrogens is 1. The van der Waals surface area contributed by atoms with Crippen molar-refractivity contribution in [2.75, 3.05) is 14.2 Å². The summed E-state index contributed by atoms with van der Waals surface area (Å²) >= 11 is 0. The number of methoxy groups -OCH3 is 2. The highest BCUT2D eigenvalue weighted by Gasteiger charge is 2.16. The van der Waals surface area contributed by atoms with Crippen LogP contribution in [0, 0.1) is 0 Å². The van der Waals surface area contributed by atoms with Gasteiger partial charge in [-0.15, -0.1) is 0 Å². The van der Waals surface area contributed by atoms with Crippen LogP contribution in [0.5, 0.6) is 17.2 Å². The summed E-state index contributed by atoms with van der Waals surface area (Å²) in [4.78, 5) is 23.8. The smallest absolute Gasteiger partial charge is 0.412 e. The average Bonchev–Trinajstić information content (AvgIpc) is 3.02. The van der Waals surface area contributed by atoms with Gasteiger partial charge in [0.1, 0.15) is 11.5 Å². The minimum absolute atomic E-state index is 0.0320. The van der Waals surface area contributed by atoms with Crippen LogP contribution in [-0.4, -0.2) is 41.3 Å². The molecule has 3 rings (SSSR count). The molecule has 0 aliphatic rings. The highest BCUT2D eigenvalue weighted by Crippen LogP contribution is 2.33. The van der Waals surface area contributed by atoms with Gasteiger partial charge in [0.2, 0.25) is 0 Å². The Morgan fingerprint density at radius 3 is 2.69 bits per heavy atom. The summed E-state index contributed by atoms with van der Waals surface area (Å²) in [7, 11) is 3.17. The van der Waals surface area contributed by atoms with E-state index in [4.69, 9.17) is 14.2 Å².